The van der Waals surface area contributed by atoms with Crippen LogP contribution < -0.4 is 5.73 Å². The van der Waals surface area contributed by atoms with E-state index >= 15 is 0 Å². The van der Waals surface area contributed by atoms with E-state index in [0.717, 1.165) is 26.2 Å². The molecule has 3 nitrogen and oxygen atoms in total. The first-order chi connectivity index (χ1) is 8.74. The second-order valence-electron chi connectivity index (χ2n) is 5.05. The summed E-state index contributed by atoms with van der Waals surface area (Å²) in [5.41, 5.74) is 7.62. The number of rotatable bonds is 4. The zero-order valence-electron chi connectivity index (χ0n) is 11.4. The fourth-order valence-corrected chi connectivity index (χ4v) is 2.72. The van der Waals surface area contributed by atoms with Crippen LogP contribution in [0, 0.1) is 0 Å². The lowest BCUT2D eigenvalue weighted by molar-refractivity contribution is -0.0314. The standard InChI is InChI=1S/C15H24N2O/c1-3-14-11-18-10-9-17(14)12(2)15(16)13-7-5-4-6-8-13/h4-8,12,14-15H,3,9-11,16H2,1-2H3. The van der Waals surface area contributed by atoms with Crippen LogP contribution in [-0.4, -0.2) is 36.7 Å². The van der Waals surface area contributed by atoms with Gasteiger partial charge in [-0.3, -0.25) is 4.90 Å². The van der Waals surface area contributed by atoms with Crippen molar-refractivity contribution < 1.29 is 4.74 Å². The summed E-state index contributed by atoms with van der Waals surface area (Å²) in [5.74, 6) is 0. The minimum absolute atomic E-state index is 0.0679. The Labute approximate surface area is 110 Å². The molecule has 3 atom stereocenters. The van der Waals surface area contributed by atoms with Gasteiger partial charge in [-0.25, -0.2) is 0 Å². The molecule has 100 valence electrons. The number of hydrogen-bond donors (Lipinski definition) is 1. The molecule has 0 aliphatic carbocycles. The SMILES string of the molecule is CCC1COCCN1C(C)C(N)c1ccccc1. The van der Waals surface area contributed by atoms with Crippen molar-refractivity contribution in [1.29, 1.82) is 0 Å². The van der Waals surface area contributed by atoms with E-state index in [-0.39, 0.29) is 6.04 Å². The number of morpholine rings is 1. The van der Waals surface area contributed by atoms with Crippen LogP contribution >= 0.6 is 0 Å². The lowest BCUT2D eigenvalue weighted by Crippen LogP contribution is -2.52. The van der Waals surface area contributed by atoms with Crippen molar-refractivity contribution in [3.63, 3.8) is 0 Å². The van der Waals surface area contributed by atoms with E-state index in [4.69, 9.17) is 10.5 Å². The van der Waals surface area contributed by atoms with Crippen LogP contribution in [0.4, 0.5) is 0 Å². The van der Waals surface area contributed by atoms with E-state index in [2.05, 4.69) is 43.0 Å². The van der Waals surface area contributed by atoms with Crippen LogP contribution in [0.15, 0.2) is 30.3 Å². The summed E-state index contributed by atoms with van der Waals surface area (Å²) in [6, 6.07) is 11.3. The van der Waals surface area contributed by atoms with Gasteiger partial charge in [-0.2, -0.15) is 0 Å². The molecule has 1 fully saturated rings. The third kappa shape index (κ3) is 2.91. The topological polar surface area (TPSA) is 38.5 Å². The zero-order chi connectivity index (χ0) is 13.0. The van der Waals surface area contributed by atoms with Gasteiger partial charge in [0.1, 0.15) is 0 Å². The van der Waals surface area contributed by atoms with Gasteiger partial charge in [0, 0.05) is 24.7 Å². The van der Waals surface area contributed by atoms with Gasteiger partial charge < -0.3 is 10.5 Å². The van der Waals surface area contributed by atoms with Gasteiger partial charge in [-0.05, 0) is 18.9 Å². The average Bonchev–Trinajstić information content (AvgIpc) is 2.46. The third-order valence-electron chi connectivity index (χ3n) is 3.97. The fourth-order valence-electron chi connectivity index (χ4n) is 2.72. The molecule has 1 aromatic carbocycles. The number of nitrogens with two attached hydrogens (primary N) is 1. The van der Waals surface area contributed by atoms with Crippen LogP contribution in [0.1, 0.15) is 31.9 Å². The Bertz CT molecular complexity index is 355. The molecule has 0 radical (unpaired) electrons. The number of hydrogen-bond acceptors (Lipinski definition) is 3. The van der Waals surface area contributed by atoms with Gasteiger partial charge in [-0.1, -0.05) is 37.3 Å². The van der Waals surface area contributed by atoms with E-state index in [1.165, 1.54) is 5.56 Å². The van der Waals surface area contributed by atoms with Crippen molar-refractivity contribution in [2.75, 3.05) is 19.8 Å². The summed E-state index contributed by atoms with van der Waals surface area (Å²) in [5, 5.41) is 0. The van der Waals surface area contributed by atoms with E-state index < -0.39 is 0 Å². The molecule has 0 aromatic heterocycles. The predicted molar refractivity (Wildman–Crippen MR) is 74.4 cm³/mol. The summed E-state index contributed by atoms with van der Waals surface area (Å²) >= 11 is 0. The quantitative estimate of drug-likeness (QED) is 0.887. The van der Waals surface area contributed by atoms with Gasteiger partial charge in [0.15, 0.2) is 0 Å². The Morgan fingerprint density at radius 1 is 1.39 bits per heavy atom. The fraction of sp³-hybridized carbons (Fsp3) is 0.600. The van der Waals surface area contributed by atoms with E-state index in [9.17, 15) is 0 Å². The molecule has 1 heterocycles. The van der Waals surface area contributed by atoms with Crippen LogP contribution in [0.25, 0.3) is 0 Å². The number of benzene rings is 1. The van der Waals surface area contributed by atoms with Gasteiger partial charge in [-0.15, -0.1) is 0 Å². The molecule has 18 heavy (non-hydrogen) atoms. The highest BCUT2D eigenvalue weighted by Gasteiger charge is 2.29. The summed E-state index contributed by atoms with van der Waals surface area (Å²) in [6.07, 6.45) is 1.12. The highest BCUT2D eigenvalue weighted by atomic mass is 16.5. The molecule has 2 N–H and O–H groups in total. The Balaban J connectivity index is 2.07. The highest BCUT2D eigenvalue weighted by Crippen LogP contribution is 2.22. The zero-order valence-corrected chi connectivity index (χ0v) is 11.4. The minimum atomic E-state index is 0.0679. The largest absolute Gasteiger partial charge is 0.378 e. The van der Waals surface area contributed by atoms with Crippen molar-refractivity contribution in [3.05, 3.63) is 35.9 Å². The van der Waals surface area contributed by atoms with Crippen LogP contribution in [0.3, 0.4) is 0 Å². The molecule has 1 aromatic rings. The first-order valence-corrected chi connectivity index (χ1v) is 6.88. The molecule has 2 rings (SSSR count). The molecule has 1 aliphatic rings. The number of nitrogens with zero attached hydrogens (tertiary/aromatic N) is 1. The molecule has 3 heteroatoms. The van der Waals surface area contributed by atoms with Crippen molar-refractivity contribution >= 4 is 0 Å². The van der Waals surface area contributed by atoms with Gasteiger partial charge in [0.05, 0.1) is 13.2 Å². The first kappa shape index (κ1) is 13.5. The number of ether oxygens (including phenoxy) is 1. The lowest BCUT2D eigenvalue weighted by atomic mass is 9.98. The molecule has 3 unspecified atom stereocenters. The monoisotopic (exact) mass is 248 g/mol. The molecule has 1 saturated heterocycles. The van der Waals surface area contributed by atoms with Crippen LogP contribution in [0.2, 0.25) is 0 Å². The molecule has 0 spiro atoms. The van der Waals surface area contributed by atoms with Crippen molar-refractivity contribution in [1.82, 2.24) is 4.90 Å². The maximum atomic E-state index is 6.40. The minimum Gasteiger partial charge on any atom is -0.378 e. The second-order valence-corrected chi connectivity index (χ2v) is 5.05. The van der Waals surface area contributed by atoms with Crippen LogP contribution in [-0.2, 0) is 4.74 Å². The maximum absolute atomic E-state index is 6.40. The van der Waals surface area contributed by atoms with E-state index in [1.807, 2.05) is 6.07 Å². The summed E-state index contributed by atoms with van der Waals surface area (Å²) in [7, 11) is 0. The van der Waals surface area contributed by atoms with E-state index in [1.54, 1.807) is 0 Å². The molecular formula is C15H24N2O. The smallest absolute Gasteiger partial charge is 0.0622 e. The second kappa shape index (κ2) is 6.32. The molecule has 0 bridgehead atoms. The Morgan fingerprint density at radius 3 is 2.78 bits per heavy atom. The van der Waals surface area contributed by atoms with Crippen molar-refractivity contribution in [2.24, 2.45) is 5.73 Å². The van der Waals surface area contributed by atoms with Gasteiger partial charge >= 0.3 is 0 Å². The Hall–Kier alpha value is -0.900. The highest BCUT2D eigenvalue weighted by molar-refractivity contribution is 5.20. The van der Waals surface area contributed by atoms with Gasteiger partial charge in [0.25, 0.3) is 0 Å². The molecule has 0 saturated carbocycles. The van der Waals surface area contributed by atoms with Gasteiger partial charge in [0.2, 0.25) is 0 Å². The average molecular weight is 248 g/mol. The van der Waals surface area contributed by atoms with Crippen molar-refractivity contribution in [3.8, 4) is 0 Å². The Morgan fingerprint density at radius 2 is 2.11 bits per heavy atom. The normalized spacial score (nSPS) is 24.7. The summed E-state index contributed by atoms with van der Waals surface area (Å²) in [6.45, 7) is 7.09. The van der Waals surface area contributed by atoms with E-state index in [0.29, 0.717) is 12.1 Å². The third-order valence-corrected chi connectivity index (χ3v) is 3.97. The predicted octanol–water partition coefficient (Wildman–Crippen LogP) is 2.19. The Kier molecular flexibility index (Phi) is 4.75. The molecule has 1 aliphatic heterocycles. The first-order valence-electron chi connectivity index (χ1n) is 6.88. The summed E-state index contributed by atoms with van der Waals surface area (Å²) in [4.78, 5) is 2.50. The van der Waals surface area contributed by atoms with Crippen LogP contribution in [0.5, 0.6) is 0 Å². The molecule has 0 amide bonds. The molecular weight excluding hydrogens is 224 g/mol. The summed E-state index contributed by atoms with van der Waals surface area (Å²) < 4.78 is 5.56. The lowest BCUT2D eigenvalue weighted by Gasteiger charge is -2.41. The maximum Gasteiger partial charge on any atom is 0.0622 e. The van der Waals surface area contributed by atoms with Crippen molar-refractivity contribution in [2.45, 2.75) is 38.4 Å².